The number of aromatic nitrogens is 3. The van der Waals surface area contributed by atoms with Crippen LogP contribution < -0.4 is 4.90 Å². The van der Waals surface area contributed by atoms with E-state index in [4.69, 9.17) is 5.26 Å². The average molecular weight is 364 g/mol. The summed E-state index contributed by atoms with van der Waals surface area (Å²) < 4.78 is 0. The zero-order valence-corrected chi connectivity index (χ0v) is 15.8. The Labute approximate surface area is 159 Å². The second-order valence-corrected chi connectivity index (χ2v) is 7.53. The van der Waals surface area contributed by atoms with Crippen LogP contribution in [0.15, 0.2) is 12.3 Å². The van der Waals surface area contributed by atoms with Crippen LogP contribution in [0.5, 0.6) is 5.75 Å². The van der Waals surface area contributed by atoms with Crippen molar-refractivity contribution in [1.82, 2.24) is 20.1 Å². The molecule has 2 aliphatic heterocycles. The summed E-state index contributed by atoms with van der Waals surface area (Å²) in [6.07, 6.45) is 5.90. The first-order chi connectivity index (χ1) is 13.1. The predicted molar refractivity (Wildman–Crippen MR) is 103 cm³/mol. The number of pyridine rings is 1. The summed E-state index contributed by atoms with van der Waals surface area (Å²) in [6, 6.07) is 3.89. The lowest BCUT2D eigenvalue weighted by molar-refractivity contribution is 0.242. The molecule has 2 aromatic heterocycles. The van der Waals surface area contributed by atoms with E-state index in [-0.39, 0.29) is 5.75 Å². The fourth-order valence-corrected chi connectivity index (χ4v) is 4.28. The molecule has 2 aliphatic rings. The molecule has 0 aliphatic carbocycles. The maximum Gasteiger partial charge on any atom is 0.155 e. The van der Waals surface area contributed by atoms with Gasteiger partial charge in [-0.15, -0.1) is 10.2 Å². The van der Waals surface area contributed by atoms with E-state index < -0.39 is 0 Å². The Kier molecular flexibility index (Phi) is 4.66. The van der Waals surface area contributed by atoms with Crippen molar-refractivity contribution in [3.63, 3.8) is 0 Å². The van der Waals surface area contributed by atoms with Crippen molar-refractivity contribution < 1.29 is 5.11 Å². The number of anilines is 1. The first-order valence-electron chi connectivity index (χ1n) is 9.49. The summed E-state index contributed by atoms with van der Waals surface area (Å²) in [6.45, 7) is 5.25. The fraction of sp³-hybridized carbons (Fsp3) is 0.500. The molecule has 4 rings (SSSR count). The Bertz CT molecular complexity index is 906. The summed E-state index contributed by atoms with van der Waals surface area (Å²) >= 11 is 0. The van der Waals surface area contributed by atoms with Crippen LogP contribution in [0.25, 0.3) is 11.4 Å². The van der Waals surface area contributed by atoms with Crippen molar-refractivity contribution in [2.45, 2.75) is 38.6 Å². The number of fused-ring (bicyclic) bond motifs is 1. The Morgan fingerprint density at radius 1 is 1.22 bits per heavy atom. The van der Waals surface area contributed by atoms with Crippen LogP contribution in [0, 0.1) is 18.3 Å². The van der Waals surface area contributed by atoms with Crippen LogP contribution in [-0.2, 0) is 6.42 Å². The topological polar surface area (TPSA) is 89.2 Å². The monoisotopic (exact) mass is 364 g/mol. The van der Waals surface area contributed by atoms with E-state index in [1.807, 2.05) is 13.0 Å². The van der Waals surface area contributed by atoms with Gasteiger partial charge >= 0.3 is 0 Å². The van der Waals surface area contributed by atoms with Crippen LogP contribution >= 0.6 is 0 Å². The standard InChI is InChI=1S/C20H24N6O/c1-13-16-6-4-8-26(15-5-3-7-25(2)12-15)20(16)24-23-18(13)19-17(27)9-14(10-21)11-22-19/h9,11,15,27H,3-8,12H2,1-2H3/t15-/m1/s1. The van der Waals surface area contributed by atoms with Crippen molar-refractivity contribution in [3.05, 3.63) is 29.0 Å². The second kappa shape index (κ2) is 7.12. The number of hydrogen-bond donors (Lipinski definition) is 1. The number of likely N-dealkylation sites (N-methyl/N-ethyl adjacent to an activating group) is 1. The van der Waals surface area contributed by atoms with Gasteiger partial charge in [0.2, 0.25) is 0 Å². The molecule has 0 bridgehead atoms. The van der Waals surface area contributed by atoms with Crippen LogP contribution in [0.1, 0.15) is 36.0 Å². The zero-order valence-electron chi connectivity index (χ0n) is 15.8. The first-order valence-corrected chi connectivity index (χ1v) is 9.49. The Morgan fingerprint density at radius 3 is 2.81 bits per heavy atom. The minimum Gasteiger partial charge on any atom is -0.506 e. The van der Waals surface area contributed by atoms with Gasteiger partial charge in [-0.05, 0) is 51.8 Å². The Hall–Kier alpha value is -2.72. The summed E-state index contributed by atoms with van der Waals surface area (Å²) in [7, 11) is 2.18. The first kappa shape index (κ1) is 17.7. The number of rotatable bonds is 2. The molecule has 0 saturated carbocycles. The van der Waals surface area contributed by atoms with Gasteiger partial charge < -0.3 is 14.9 Å². The molecule has 1 atom stereocenters. The molecule has 2 aromatic rings. The molecule has 4 heterocycles. The van der Waals surface area contributed by atoms with Gasteiger partial charge in [-0.3, -0.25) is 0 Å². The molecule has 7 heteroatoms. The fourth-order valence-electron chi connectivity index (χ4n) is 4.28. The molecule has 0 aromatic carbocycles. The quantitative estimate of drug-likeness (QED) is 0.874. The number of hydrogen-bond acceptors (Lipinski definition) is 7. The molecular formula is C20H24N6O. The van der Waals surface area contributed by atoms with Crippen molar-refractivity contribution in [2.75, 3.05) is 31.6 Å². The van der Waals surface area contributed by atoms with E-state index in [0.717, 1.165) is 43.9 Å². The minimum absolute atomic E-state index is 0.0343. The van der Waals surface area contributed by atoms with Crippen molar-refractivity contribution in [1.29, 1.82) is 5.26 Å². The Balaban J connectivity index is 1.72. The van der Waals surface area contributed by atoms with E-state index >= 15 is 0 Å². The highest BCUT2D eigenvalue weighted by molar-refractivity contribution is 5.70. The molecule has 1 fully saturated rings. The van der Waals surface area contributed by atoms with Gasteiger partial charge in [-0.1, -0.05) is 0 Å². The minimum atomic E-state index is -0.0343. The lowest BCUT2D eigenvalue weighted by Gasteiger charge is -2.41. The van der Waals surface area contributed by atoms with E-state index in [2.05, 4.69) is 32.0 Å². The third-order valence-electron chi connectivity index (χ3n) is 5.68. The van der Waals surface area contributed by atoms with Gasteiger partial charge in [0, 0.05) is 37.0 Å². The number of likely N-dealkylation sites (tertiary alicyclic amines) is 1. The van der Waals surface area contributed by atoms with Crippen LogP contribution in [-0.4, -0.2) is 57.9 Å². The number of nitriles is 1. The summed E-state index contributed by atoms with van der Waals surface area (Å²) in [5.41, 5.74) is 3.52. The smallest absolute Gasteiger partial charge is 0.155 e. The highest BCUT2D eigenvalue weighted by Gasteiger charge is 2.30. The Morgan fingerprint density at radius 2 is 2.07 bits per heavy atom. The molecule has 1 N–H and O–H groups in total. The number of piperidine rings is 1. The molecule has 0 amide bonds. The predicted octanol–water partition coefficient (Wildman–Crippen LogP) is 2.27. The third-order valence-corrected chi connectivity index (χ3v) is 5.68. The number of nitrogens with zero attached hydrogens (tertiary/aromatic N) is 6. The largest absolute Gasteiger partial charge is 0.506 e. The molecule has 7 nitrogen and oxygen atoms in total. The molecule has 0 unspecified atom stereocenters. The maximum absolute atomic E-state index is 10.3. The van der Waals surface area contributed by atoms with Gasteiger partial charge in [0.25, 0.3) is 0 Å². The van der Waals surface area contributed by atoms with Gasteiger partial charge in [-0.2, -0.15) is 5.26 Å². The average Bonchev–Trinajstić information content (AvgIpc) is 2.68. The van der Waals surface area contributed by atoms with Gasteiger partial charge in [0.05, 0.1) is 5.56 Å². The van der Waals surface area contributed by atoms with Gasteiger partial charge in [0.15, 0.2) is 5.82 Å². The zero-order chi connectivity index (χ0) is 19.0. The van der Waals surface area contributed by atoms with Crippen LogP contribution in [0.2, 0.25) is 0 Å². The second-order valence-electron chi connectivity index (χ2n) is 7.53. The molecule has 0 spiro atoms. The van der Waals surface area contributed by atoms with E-state index in [9.17, 15) is 5.11 Å². The highest BCUT2D eigenvalue weighted by Crippen LogP contribution is 2.36. The van der Waals surface area contributed by atoms with E-state index in [1.165, 1.54) is 30.7 Å². The van der Waals surface area contributed by atoms with Crippen LogP contribution in [0.4, 0.5) is 5.82 Å². The third kappa shape index (κ3) is 3.21. The van der Waals surface area contributed by atoms with Crippen molar-refractivity contribution >= 4 is 5.82 Å². The molecule has 140 valence electrons. The SMILES string of the molecule is Cc1c(-c2ncc(C#N)cc2O)nnc2c1CCCN2[C@@H]1CCCN(C)C1. The molecule has 0 radical (unpaired) electrons. The summed E-state index contributed by atoms with van der Waals surface area (Å²) in [4.78, 5) is 9.06. The maximum atomic E-state index is 10.3. The van der Waals surface area contributed by atoms with Crippen molar-refractivity contribution in [2.24, 2.45) is 0 Å². The normalized spacial score (nSPS) is 20.2. The lowest BCUT2D eigenvalue weighted by atomic mass is 9.95. The molecule has 27 heavy (non-hydrogen) atoms. The highest BCUT2D eigenvalue weighted by atomic mass is 16.3. The lowest BCUT2D eigenvalue weighted by Crippen LogP contribution is -2.49. The molecular weight excluding hydrogens is 340 g/mol. The molecule has 1 saturated heterocycles. The van der Waals surface area contributed by atoms with E-state index in [0.29, 0.717) is 23.0 Å². The van der Waals surface area contributed by atoms with Gasteiger partial charge in [0.1, 0.15) is 23.2 Å². The van der Waals surface area contributed by atoms with Crippen LogP contribution in [0.3, 0.4) is 0 Å². The van der Waals surface area contributed by atoms with Gasteiger partial charge in [-0.25, -0.2) is 4.98 Å². The summed E-state index contributed by atoms with van der Waals surface area (Å²) in [5, 5.41) is 28.3. The number of aromatic hydroxyl groups is 1. The summed E-state index contributed by atoms with van der Waals surface area (Å²) in [5.74, 6) is 0.948. The van der Waals surface area contributed by atoms with Crippen molar-refractivity contribution in [3.8, 4) is 23.2 Å². The van der Waals surface area contributed by atoms with E-state index in [1.54, 1.807) is 0 Å².